The molecule has 0 fully saturated rings. The standard InChI is InChI=1S/C17H16ClN3O3/c18-11-5-6-15-13(9-11)20-17(24)12-3-1-2-4-14(12)21(15)16(23)10-19-7-8-22/h1-6,9,19,22H,7-8,10H2,(H,20,24). The zero-order chi connectivity index (χ0) is 17.1. The van der Waals surface area contributed by atoms with Crippen molar-refractivity contribution in [2.24, 2.45) is 0 Å². The molecule has 2 amide bonds. The molecular formula is C17H16ClN3O3. The number of fused-ring (bicyclic) bond motifs is 2. The van der Waals surface area contributed by atoms with Gasteiger partial charge in [-0.1, -0.05) is 23.7 Å². The van der Waals surface area contributed by atoms with Crippen molar-refractivity contribution < 1.29 is 14.7 Å². The number of amides is 2. The number of halogens is 1. The average molecular weight is 346 g/mol. The molecule has 24 heavy (non-hydrogen) atoms. The Bertz CT molecular complexity index is 794. The van der Waals surface area contributed by atoms with Gasteiger partial charge in [-0.05, 0) is 30.3 Å². The maximum atomic E-state index is 12.8. The molecule has 2 aromatic rings. The summed E-state index contributed by atoms with van der Waals surface area (Å²) in [4.78, 5) is 26.7. The molecule has 0 aromatic heterocycles. The van der Waals surface area contributed by atoms with Crippen LogP contribution in [0.25, 0.3) is 0 Å². The van der Waals surface area contributed by atoms with Crippen LogP contribution in [0.1, 0.15) is 10.4 Å². The Hall–Kier alpha value is -2.41. The van der Waals surface area contributed by atoms with Crippen LogP contribution >= 0.6 is 11.6 Å². The van der Waals surface area contributed by atoms with Crippen molar-refractivity contribution in [2.75, 3.05) is 29.9 Å². The molecule has 3 rings (SSSR count). The molecule has 0 bridgehead atoms. The first-order chi connectivity index (χ1) is 11.6. The van der Waals surface area contributed by atoms with E-state index in [0.29, 0.717) is 34.2 Å². The first-order valence-corrected chi connectivity index (χ1v) is 7.84. The van der Waals surface area contributed by atoms with E-state index in [0.717, 1.165) is 0 Å². The Morgan fingerprint density at radius 2 is 2.00 bits per heavy atom. The molecular weight excluding hydrogens is 330 g/mol. The predicted molar refractivity (Wildman–Crippen MR) is 92.9 cm³/mol. The number of para-hydroxylation sites is 1. The monoisotopic (exact) mass is 345 g/mol. The molecule has 0 atom stereocenters. The fraction of sp³-hybridized carbons (Fsp3) is 0.176. The summed E-state index contributed by atoms with van der Waals surface area (Å²) in [6.45, 7) is 0.285. The second-order valence-electron chi connectivity index (χ2n) is 5.26. The van der Waals surface area contributed by atoms with Gasteiger partial charge in [0.1, 0.15) is 0 Å². The number of aliphatic hydroxyl groups excluding tert-OH is 1. The molecule has 7 heteroatoms. The average Bonchev–Trinajstić information content (AvgIpc) is 2.69. The van der Waals surface area contributed by atoms with E-state index in [1.165, 1.54) is 4.90 Å². The lowest BCUT2D eigenvalue weighted by Gasteiger charge is -2.24. The summed E-state index contributed by atoms with van der Waals surface area (Å²) in [5.74, 6) is -0.538. The lowest BCUT2D eigenvalue weighted by Crippen LogP contribution is -2.36. The largest absolute Gasteiger partial charge is 0.395 e. The Morgan fingerprint density at radius 3 is 2.79 bits per heavy atom. The van der Waals surface area contributed by atoms with Crippen LogP contribution in [0, 0.1) is 0 Å². The molecule has 124 valence electrons. The fourth-order valence-electron chi connectivity index (χ4n) is 2.61. The van der Waals surface area contributed by atoms with Crippen molar-refractivity contribution in [3.8, 4) is 0 Å². The fourth-order valence-corrected chi connectivity index (χ4v) is 2.78. The highest BCUT2D eigenvalue weighted by Crippen LogP contribution is 2.39. The van der Waals surface area contributed by atoms with Crippen molar-refractivity contribution in [2.45, 2.75) is 0 Å². The normalized spacial score (nSPS) is 12.9. The summed E-state index contributed by atoms with van der Waals surface area (Å²) in [6, 6.07) is 11.9. The van der Waals surface area contributed by atoms with E-state index in [-0.39, 0.29) is 25.0 Å². The van der Waals surface area contributed by atoms with Crippen LogP contribution in [-0.4, -0.2) is 36.6 Å². The molecule has 0 saturated carbocycles. The first kappa shape index (κ1) is 16.4. The van der Waals surface area contributed by atoms with Crippen molar-refractivity contribution >= 4 is 40.5 Å². The van der Waals surface area contributed by atoms with Gasteiger partial charge in [-0.25, -0.2) is 0 Å². The van der Waals surface area contributed by atoms with Gasteiger partial charge in [-0.3, -0.25) is 14.5 Å². The van der Waals surface area contributed by atoms with Crippen LogP contribution < -0.4 is 15.5 Å². The van der Waals surface area contributed by atoms with Crippen LogP contribution in [0.3, 0.4) is 0 Å². The summed E-state index contributed by atoms with van der Waals surface area (Å²) >= 11 is 6.02. The number of rotatable bonds is 4. The van der Waals surface area contributed by atoms with Crippen molar-refractivity contribution in [3.05, 3.63) is 53.1 Å². The molecule has 6 nitrogen and oxygen atoms in total. The van der Waals surface area contributed by atoms with Gasteiger partial charge in [-0.2, -0.15) is 0 Å². The highest BCUT2D eigenvalue weighted by Gasteiger charge is 2.28. The van der Waals surface area contributed by atoms with E-state index in [1.54, 1.807) is 42.5 Å². The molecule has 0 radical (unpaired) electrons. The van der Waals surface area contributed by atoms with E-state index >= 15 is 0 Å². The van der Waals surface area contributed by atoms with E-state index in [2.05, 4.69) is 10.6 Å². The second-order valence-corrected chi connectivity index (χ2v) is 5.70. The highest BCUT2D eigenvalue weighted by molar-refractivity contribution is 6.31. The van der Waals surface area contributed by atoms with Gasteiger partial charge >= 0.3 is 0 Å². The van der Waals surface area contributed by atoms with Gasteiger partial charge in [0.15, 0.2) is 0 Å². The molecule has 2 aromatic carbocycles. The topological polar surface area (TPSA) is 81.7 Å². The van der Waals surface area contributed by atoms with Crippen molar-refractivity contribution in [1.29, 1.82) is 0 Å². The number of benzene rings is 2. The molecule has 1 heterocycles. The zero-order valence-electron chi connectivity index (χ0n) is 12.8. The SMILES string of the molecule is O=C1Nc2cc(Cl)ccc2N(C(=O)CNCCO)c2ccccc21. The first-order valence-electron chi connectivity index (χ1n) is 7.46. The Kier molecular flexibility index (Phi) is 4.80. The number of hydrogen-bond donors (Lipinski definition) is 3. The quantitative estimate of drug-likeness (QED) is 0.742. The molecule has 1 aliphatic rings. The predicted octanol–water partition coefficient (Wildman–Crippen LogP) is 2.15. The van der Waals surface area contributed by atoms with Gasteiger partial charge in [-0.15, -0.1) is 0 Å². The van der Waals surface area contributed by atoms with Crippen LogP contribution in [0.2, 0.25) is 5.02 Å². The van der Waals surface area contributed by atoms with Crippen LogP contribution in [0.5, 0.6) is 0 Å². The number of aliphatic hydroxyl groups is 1. The van der Waals surface area contributed by atoms with E-state index in [9.17, 15) is 9.59 Å². The second kappa shape index (κ2) is 7.00. The van der Waals surface area contributed by atoms with Gasteiger partial charge in [0.25, 0.3) is 5.91 Å². The molecule has 3 N–H and O–H groups in total. The summed E-state index contributed by atoms with van der Waals surface area (Å²) in [6.07, 6.45) is 0. The number of nitrogens with one attached hydrogen (secondary N) is 2. The van der Waals surface area contributed by atoms with E-state index in [4.69, 9.17) is 16.7 Å². The molecule has 0 unspecified atom stereocenters. The third-order valence-corrected chi connectivity index (χ3v) is 3.89. The third kappa shape index (κ3) is 3.12. The number of carbonyl (C=O) groups is 2. The van der Waals surface area contributed by atoms with Gasteiger partial charge < -0.3 is 15.7 Å². The number of anilines is 3. The Morgan fingerprint density at radius 1 is 1.21 bits per heavy atom. The minimum absolute atomic E-state index is 0.0329. The molecule has 0 aliphatic carbocycles. The Balaban J connectivity index is 2.09. The van der Waals surface area contributed by atoms with Gasteiger partial charge in [0, 0.05) is 11.6 Å². The molecule has 0 spiro atoms. The van der Waals surface area contributed by atoms with E-state index in [1.807, 2.05) is 0 Å². The minimum Gasteiger partial charge on any atom is -0.395 e. The summed E-state index contributed by atoms with van der Waals surface area (Å²) in [5, 5.41) is 15.0. The highest BCUT2D eigenvalue weighted by atomic mass is 35.5. The van der Waals surface area contributed by atoms with Crippen LogP contribution in [0.4, 0.5) is 17.1 Å². The number of nitrogens with zero attached hydrogens (tertiary/aromatic N) is 1. The Labute approximate surface area is 144 Å². The van der Waals surface area contributed by atoms with Crippen LogP contribution in [0.15, 0.2) is 42.5 Å². The molecule has 1 aliphatic heterocycles. The summed E-state index contributed by atoms with van der Waals surface area (Å²) in [5.41, 5.74) is 1.93. The van der Waals surface area contributed by atoms with Crippen LogP contribution in [-0.2, 0) is 4.79 Å². The molecule has 0 saturated heterocycles. The maximum absolute atomic E-state index is 12.8. The maximum Gasteiger partial charge on any atom is 0.257 e. The van der Waals surface area contributed by atoms with Gasteiger partial charge in [0.05, 0.1) is 35.8 Å². The smallest absolute Gasteiger partial charge is 0.257 e. The zero-order valence-corrected chi connectivity index (χ0v) is 13.5. The summed E-state index contributed by atoms with van der Waals surface area (Å²) < 4.78 is 0. The third-order valence-electron chi connectivity index (χ3n) is 3.65. The van der Waals surface area contributed by atoms with Gasteiger partial charge in [0.2, 0.25) is 5.91 Å². The minimum atomic E-state index is -0.298. The van der Waals surface area contributed by atoms with Crippen molar-refractivity contribution in [3.63, 3.8) is 0 Å². The summed E-state index contributed by atoms with van der Waals surface area (Å²) in [7, 11) is 0. The number of carbonyl (C=O) groups excluding carboxylic acids is 2. The number of hydrogen-bond acceptors (Lipinski definition) is 4. The lowest BCUT2D eigenvalue weighted by molar-refractivity contribution is -0.117. The van der Waals surface area contributed by atoms with Crippen molar-refractivity contribution in [1.82, 2.24) is 5.32 Å². The lowest BCUT2D eigenvalue weighted by atomic mass is 10.1. The van der Waals surface area contributed by atoms with E-state index < -0.39 is 0 Å².